The fourth-order valence-corrected chi connectivity index (χ4v) is 1.68. The highest BCUT2D eigenvalue weighted by Gasteiger charge is 2.14. The van der Waals surface area contributed by atoms with Crippen molar-refractivity contribution in [2.45, 2.75) is 46.1 Å². The van der Waals surface area contributed by atoms with E-state index in [1.165, 1.54) is 0 Å². The van der Waals surface area contributed by atoms with Gasteiger partial charge in [-0.1, -0.05) is 26.3 Å². The van der Waals surface area contributed by atoms with Crippen LogP contribution >= 0.6 is 0 Å². The number of aromatic nitrogens is 1. The third-order valence-corrected chi connectivity index (χ3v) is 2.79. The highest BCUT2D eigenvalue weighted by molar-refractivity contribution is 5.12. The molecule has 2 unspecified atom stereocenters. The number of aliphatic hydroxyl groups is 1. The molecule has 0 amide bonds. The standard InChI is InChI=1S/C13H21NO/c1-4-5-11(3)13(15)8-12-7-6-10(2)9-14-12/h6-7,9,11,13,15H,4-5,8H2,1-3H3. The molecule has 1 heterocycles. The van der Waals surface area contributed by atoms with Gasteiger partial charge in [0.05, 0.1) is 6.10 Å². The van der Waals surface area contributed by atoms with E-state index in [1.807, 2.05) is 25.3 Å². The summed E-state index contributed by atoms with van der Waals surface area (Å²) in [6.07, 6.45) is 4.46. The first kappa shape index (κ1) is 12.2. The molecule has 2 atom stereocenters. The van der Waals surface area contributed by atoms with Crippen molar-refractivity contribution >= 4 is 0 Å². The normalized spacial score (nSPS) is 14.9. The molecule has 84 valence electrons. The van der Waals surface area contributed by atoms with E-state index < -0.39 is 0 Å². The lowest BCUT2D eigenvalue weighted by molar-refractivity contribution is 0.111. The third kappa shape index (κ3) is 4.00. The van der Waals surface area contributed by atoms with Crippen LogP contribution in [0.3, 0.4) is 0 Å². The van der Waals surface area contributed by atoms with Crippen LogP contribution in [0.15, 0.2) is 18.3 Å². The van der Waals surface area contributed by atoms with Crippen LogP contribution in [0.5, 0.6) is 0 Å². The maximum Gasteiger partial charge on any atom is 0.0621 e. The molecule has 0 aliphatic heterocycles. The Labute approximate surface area is 92.4 Å². The van der Waals surface area contributed by atoms with Crippen LogP contribution in [0.2, 0.25) is 0 Å². The lowest BCUT2D eigenvalue weighted by Gasteiger charge is -2.17. The molecular weight excluding hydrogens is 186 g/mol. The lowest BCUT2D eigenvalue weighted by Crippen LogP contribution is -2.20. The van der Waals surface area contributed by atoms with Crippen molar-refractivity contribution in [2.24, 2.45) is 5.92 Å². The van der Waals surface area contributed by atoms with Gasteiger partial charge in [-0.25, -0.2) is 0 Å². The van der Waals surface area contributed by atoms with Gasteiger partial charge in [-0.3, -0.25) is 4.98 Å². The van der Waals surface area contributed by atoms with Crippen LogP contribution in [0.25, 0.3) is 0 Å². The summed E-state index contributed by atoms with van der Waals surface area (Å²) in [7, 11) is 0. The van der Waals surface area contributed by atoms with Crippen molar-refractivity contribution in [2.75, 3.05) is 0 Å². The van der Waals surface area contributed by atoms with E-state index in [9.17, 15) is 5.11 Å². The minimum atomic E-state index is -0.264. The highest BCUT2D eigenvalue weighted by atomic mass is 16.3. The Hall–Kier alpha value is -0.890. The zero-order chi connectivity index (χ0) is 11.3. The second kappa shape index (κ2) is 5.86. The molecule has 0 saturated heterocycles. The molecule has 0 spiro atoms. The van der Waals surface area contributed by atoms with E-state index in [2.05, 4.69) is 18.8 Å². The maximum atomic E-state index is 9.93. The third-order valence-electron chi connectivity index (χ3n) is 2.79. The quantitative estimate of drug-likeness (QED) is 0.805. The van der Waals surface area contributed by atoms with Gasteiger partial charge >= 0.3 is 0 Å². The Morgan fingerprint density at radius 2 is 2.13 bits per heavy atom. The number of aliphatic hydroxyl groups excluding tert-OH is 1. The SMILES string of the molecule is CCCC(C)C(O)Cc1ccc(C)cn1. The summed E-state index contributed by atoms with van der Waals surface area (Å²) in [6.45, 7) is 6.27. The Morgan fingerprint density at radius 3 is 2.67 bits per heavy atom. The van der Waals surface area contributed by atoms with Crippen LogP contribution in [-0.4, -0.2) is 16.2 Å². The van der Waals surface area contributed by atoms with Crippen LogP contribution in [0.4, 0.5) is 0 Å². The molecule has 0 radical (unpaired) electrons. The van der Waals surface area contributed by atoms with Crippen LogP contribution in [0.1, 0.15) is 37.9 Å². The summed E-state index contributed by atoms with van der Waals surface area (Å²) in [4.78, 5) is 4.30. The number of nitrogens with zero attached hydrogens (tertiary/aromatic N) is 1. The molecule has 1 rings (SSSR count). The predicted molar refractivity (Wildman–Crippen MR) is 62.8 cm³/mol. The molecule has 0 bridgehead atoms. The van der Waals surface area contributed by atoms with Crippen molar-refractivity contribution < 1.29 is 5.11 Å². The van der Waals surface area contributed by atoms with Gasteiger partial charge in [0.2, 0.25) is 0 Å². The van der Waals surface area contributed by atoms with Gasteiger partial charge in [-0.2, -0.15) is 0 Å². The minimum absolute atomic E-state index is 0.264. The summed E-state index contributed by atoms with van der Waals surface area (Å²) >= 11 is 0. The van der Waals surface area contributed by atoms with Crippen LogP contribution < -0.4 is 0 Å². The van der Waals surface area contributed by atoms with Gasteiger partial charge in [-0.15, -0.1) is 0 Å². The molecule has 15 heavy (non-hydrogen) atoms. The molecule has 0 aliphatic rings. The van der Waals surface area contributed by atoms with Crippen molar-refractivity contribution in [3.05, 3.63) is 29.6 Å². The molecule has 2 nitrogen and oxygen atoms in total. The number of hydrogen-bond acceptors (Lipinski definition) is 2. The van der Waals surface area contributed by atoms with E-state index in [1.54, 1.807) is 0 Å². The van der Waals surface area contributed by atoms with Gasteiger partial charge in [0, 0.05) is 18.3 Å². The number of rotatable bonds is 5. The highest BCUT2D eigenvalue weighted by Crippen LogP contribution is 2.14. The Bertz CT molecular complexity index is 281. The Morgan fingerprint density at radius 1 is 1.40 bits per heavy atom. The van der Waals surface area contributed by atoms with Crippen molar-refractivity contribution in [1.82, 2.24) is 4.98 Å². The second-order valence-corrected chi connectivity index (χ2v) is 4.36. The second-order valence-electron chi connectivity index (χ2n) is 4.36. The van der Waals surface area contributed by atoms with E-state index in [4.69, 9.17) is 0 Å². The number of pyridine rings is 1. The smallest absolute Gasteiger partial charge is 0.0621 e. The molecule has 1 N–H and O–H groups in total. The first-order valence-corrected chi connectivity index (χ1v) is 5.73. The molecule has 0 saturated carbocycles. The number of hydrogen-bond donors (Lipinski definition) is 1. The van der Waals surface area contributed by atoms with Gasteiger partial charge in [-0.05, 0) is 30.9 Å². The fourth-order valence-electron chi connectivity index (χ4n) is 1.68. The van der Waals surface area contributed by atoms with E-state index >= 15 is 0 Å². The topological polar surface area (TPSA) is 33.1 Å². The van der Waals surface area contributed by atoms with Gasteiger partial charge in [0.25, 0.3) is 0 Å². The molecule has 0 aliphatic carbocycles. The van der Waals surface area contributed by atoms with E-state index in [0.717, 1.165) is 24.1 Å². The van der Waals surface area contributed by atoms with Crippen molar-refractivity contribution in [1.29, 1.82) is 0 Å². The van der Waals surface area contributed by atoms with E-state index in [-0.39, 0.29) is 6.10 Å². The molecule has 1 aromatic rings. The molecule has 0 fully saturated rings. The summed E-state index contributed by atoms with van der Waals surface area (Å²) < 4.78 is 0. The zero-order valence-corrected chi connectivity index (χ0v) is 9.90. The monoisotopic (exact) mass is 207 g/mol. The summed E-state index contributed by atoms with van der Waals surface area (Å²) in [5, 5.41) is 9.93. The lowest BCUT2D eigenvalue weighted by atomic mass is 9.96. The zero-order valence-electron chi connectivity index (χ0n) is 9.90. The summed E-state index contributed by atoms with van der Waals surface area (Å²) in [6, 6.07) is 4.04. The molecule has 0 aromatic carbocycles. The largest absolute Gasteiger partial charge is 0.392 e. The van der Waals surface area contributed by atoms with Gasteiger partial charge in [0.15, 0.2) is 0 Å². The minimum Gasteiger partial charge on any atom is -0.392 e. The summed E-state index contributed by atoms with van der Waals surface area (Å²) in [5.74, 6) is 0.359. The molecule has 2 heteroatoms. The first-order chi connectivity index (χ1) is 7.13. The predicted octanol–water partition coefficient (Wildman–Crippen LogP) is 2.73. The molecular formula is C13H21NO. The number of aryl methyl sites for hydroxylation is 1. The fraction of sp³-hybridized carbons (Fsp3) is 0.615. The average Bonchev–Trinajstić information content (AvgIpc) is 2.22. The molecule has 1 aromatic heterocycles. The average molecular weight is 207 g/mol. The van der Waals surface area contributed by atoms with Crippen LogP contribution in [0, 0.1) is 12.8 Å². The van der Waals surface area contributed by atoms with E-state index in [0.29, 0.717) is 12.3 Å². The van der Waals surface area contributed by atoms with Gasteiger partial charge in [0.1, 0.15) is 0 Å². The first-order valence-electron chi connectivity index (χ1n) is 5.73. The van der Waals surface area contributed by atoms with Crippen molar-refractivity contribution in [3.63, 3.8) is 0 Å². The summed E-state index contributed by atoms with van der Waals surface area (Å²) in [5.41, 5.74) is 2.14. The van der Waals surface area contributed by atoms with Crippen LogP contribution in [-0.2, 0) is 6.42 Å². The van der Waals surface area contributed by atoms with Crippen molar-refractivity contribution in [3.8, 4) is 0 Å². The maximum absolute atomic E-state index is 9.93. The Balaban J connectivity index is 2.50. The van der Waals surface area contributed by atoms with Gasteiger partial charge < -0.3 is 5.11 Å². The Kier molecular flexibility index (Phi) is 4.76.